The number of fused-ring (bicyclic) bond motifs is 1. The van der Waals surface area contributed by atoms with Crippen LogP contribution < -0.4 is 0 Å². The third kappa shape index (κ3) is 3.09. The molecular weight excluding hydrogens is 414 g/mol. The van der Waals surface area contributed by atoms with E-state index in [1.54, 1.807) is 24.7 Å². The number of rotatable bonds is 5. The molecule has 0 saturated heterocycles. The van der Waals surface area contributed by atoms with Gasteiger partial charge in [0.25, 0.3) is 0 Å². The van der Waals surface area contributed by atoms with Crippen LogP contribution in [-0.2, 0) is 4.74 Å². The summed E-state index contributed by atoms with van der Waals surface area (Å²) in [5.41, 5.74) is 1.88. The minimum Gasteiger partial charge on any atom is -0.362 e. The molecule has 2 aromatic heterocycles. The zero-order valence-corrected chi connectivity index (χ0v) is 16.0. The van der Waals surface area contributed by atoms with Crippen LogP contribution in [0.25, 0.3) is 22.2 Å². The number of halogens is 2. The van der Waals surface area contributed by atoms with Gasteiger partial charge in [0.2, 0.25) is 5.78 Å². The first-order valence-corrected chi connectivity index (χ1v) is 9.39. The number of methoxy groups -OCH3 is 1. The van der Waals surface area contributed by atoms with Crippen molar-refractivity contribution in [1.82, 2.24) is 15.0 Å². The van der Waals surface area contributed by atoms with Crippen molar-refractivity contribution in [3.8, 4) is 11.3 Å². The molecule has 5 nitrogen and oxygen atoms in total. The number of hydrogen-bond acceptors (Lipinski definition) is 5. The fraction of sp³-hybridized carbons (Fsp3) is 0.188. The summed E-state index contributed by atoms with van der Waals surface area (Å²) in [6.45, 7) is 0. The van der Waals surface area contributed by atoms with E-state index in [1.807, 2.05) is 12.3 Å². The molecule has 0 bridgehead atoms. The van der Waals surface area contributed by atoms with Gasteiger partial charge in [0.05, 0.1) is 22.6 Å². The van der Waals surface area contributed by atoms with Gasteiger partial charge >= 0.3 is 0 Å². The van der Waals surface area contributed by atoms with Gasteiger partial charge in [-0.1, -0.05) is 11.6 Å². The molecule has 0 aliphatic carbocycles. The van der Waals surface area contributed by atoms with Crippen molar-refractivity contribution in [1.29, 1.82) is 0 Å². The number of nitrogens with one attached hydrogen (secondary N) is 1. The number of H-pyrrole nitrogens is 1. The lowest BCUT2D eigenvalue weighted by molar-refractivity contribution is 0.0791. The summed E-state index contributed by atoms with van der Waals surface area (Å²) in [7, 11) is 1.51. The first-order valence-electron chi connectivity index (χ1n) is 6.93. The predicted molar refractivity (Wildman–Crippen MR) is 101 cm³/mol. The van der Waals surface area contributed by atoms with Gasteiger partial charge in [0.15, 0.2) is 5.44 Å². The molecule has 3 aromatic rings. The van der Waals surface area contributed by atoms with E-state index in [-0.39, 0.29) is 5.78 Å². The Morgan fingerprint density at radius 1 is 1.42 bits per heavy atom. The summed E-state index contributed by atoms with van der Waals surface area (Å²) in [5, 5.41) is 1.36. The summed E-state index contributed by atoms with van der Waals surface area (Å²) >= 11 is 11.0. The zero-order valence-electron chi connectivity index (χ0n) is 12.8. The van der Waals surface area contributed by atoms with Crippen molar-refractivity contribution in [2.24, 2.45) is 0 Å². The number of ketones is 1. The average Bonchev–Trinajstić information content (AvgIpc) is 2.95. The molecule has 0 fully saturated rings. The highest BCUT2D eigenvalue weighted by Crippen LogP contribution is 2.37. The van der Waals surface area contributed by atoms with Crippen LogP contribution in [0.5, 0.6) is 0 Å². The number of nitrogens with zero attached hydrogens (tertiary/aromatic N) is 2. The lowest BCUT2D eigenvalue weighted by atomic mass is 10.1. The maximum absolute atomic E-state index is 12.9. The number of thioether (sulfide) groups is 1. The van der Waals surface area contributed by atoms with Crippen molar-refractivity contribution in [3.63, 3.8) is 0 Å². The molecule has 1 N–H and O–H groups in total. The largest absolute Gasteiger partial charge is 0.362 e. The van der Waals surface area contributed by atoms with E-state index in [4.69, 9.17) is 16.3 Å². The van der Waals surface area contributed by atoms with Crippen molar-refractivity contribution in [2.45, 2.75) is 5.44 Å². The zero-order chi connectivity index (χ0) is 17.3. The summed E-state index contributed by atoms with van der Waals surface area (Å²) in [6, 6.07) is 3.65. The standard InChI is InChI=1S/C16H13BrClN3O2S/c1-23-16(24-2)15(22)14-13(12-7-19-3-4-20-12)8-5-10(18)9(17)6-11(8)21-14/h3-7,16,21H,1-2H3. The SMILES string of the molecule is COC(SC)C(=O)c1[nH]c2cc(Br)c(Cl)cc2c1-c1cnccn1. The Balaban J connectivity index is 2.30. The summed E-state index contributed by atoms with van der Waals surface area (Å²) < 4.78 is 6.02. The second-order valence-corrected chi connectivity index (χ2v) is 7.11. The Labute approximate surface area is 156 Å². The highest BCUT2D eigenvalue weighted by Gasteiger charge is 2.26. The molecule has 124 valence electrons. The molecule has 1 atom stereocenters. The van der Waals surface area contributed by atoms with E-state index in [0.29, 0.717) is 22.0 Å². The minimum absolute atomic E-state index is 0.158. The van der Waals surface area contributed by atoms with E-state index < -0.39 is 5.44 Å². The van der Waals surface area contributed by atoms with Crippen LogP contribution in [0.1, 0.15) is 10.5 Å². The molecule has 0 spiro atoms. The molecule has 1 aromatic carbocycles. The van der Waals surface area contributed by atoms with Gasteiger partial charge in [-0.25, -0.2) is 0 Å². The van der Waals surface area contributed by atoms with Gasteiger partial charge in [0.1, 0.15) is 0 Å². The molecule has 0 aliphatic rings. The summed E-state index contributed by atoms with van der Waals surface area (Å²) in [5.74, 6) is -0.158. The van der Waals surface area contributed by atoms with Crippen molar-refractivity contribution < 1.29 is 9.53 Å². The summed E-state index contributed by atoms with van der Waals surface area (Å²) in [4.78, 5) is 24.5. The third-order valence-corrected chi connectivity index (χ3v) is 5.58. The van der Waals surface area contributed by atoms with Crippen LogP contribution in [-0.4, -0.2) is 39.5 Å². The number of hydrogen-bond donors (Lipinski definition) is 1. The molecule has 3 rings (SSSR count). The van der Waals surface area contributed by atoms with Gasteiger partial charge in [0, 0.05) is 40.4 Å². The minimum atomic E-state index is -0.604. The van der Waals surface area contributed by atoms with Gasteiger partial charge in [-0.15, -0.1) is 11.8 Å². The highest BCUT2D eigenvalue weighted by molar-refractivity contribution is 9.10. The maximum atomic E-state index is 12.9. The molecule has 0 saturated carbocycles. The number of aromatic nitrogens is 3. The molecular formula is C16H13BrClN3O2S. The van der Waals surface area contributed by atoms with E-state index in [1.165, 1.54) is 18.9 Å². The second-order valence-electron chi connectivity index (χ2n) is 4.95. The number of carbonyl (C=O) groups excluding carboxylic acids is 1. The van der Waals surface area contributed by atoms with E-state index in [0.717, 1.165) is 15.4 Å². The van der Waals surface area contributed by atoms with Gasteiger partial charge in [-0.2, -0.15) is 0 Å². The first kappa shape index (κ1) is 17.4. The van der Waals surface area contributed by atoms with Crippen LogP contribution in [0.4, 0.5) is 0 Å². The predicted octanol–water partition coefficient (Wildman–Crippen LogP) is 4.56. The van der Waals surface area contributed by atoms with Crippen molar-refractivity contribution in [3.05, 3.63) is 45.9 Å². The quantitative estimate of drug-likeness (QED) is 0.478. The lowest BCUT2D eigenvalue weighted by Crippen LogP contribution is -2.20. The van der Waals surface area contributed by atoms with E-state index in [9.17, 15) is 4.79 Å². The maximum Gasteiger partial charge on any atom is 0.218 e. The Kier molecular flexibility index (Phi) is 5.24. The Hall–Kier alpha value is -1.41. The van der Waals surface area contributed by atoms with Gasteiger partial charge in [-0.05, 0) is 34.3 Å². The molecule has 2 heterocycles. The van der Waals surface area contributed by atoms with Crippen LogP contribution in [0.2, 0.25) is 5.02 Å². The smallest absolute Gasteiger partial charge is 0.218 e. The number of benzene rings is 1. The Morgan fingerprint density at radius 3 is 2.83 bits per heavy atom. The number of Topliss-reactive ketones (excluding diaryl/α,β-unsaturated/α-hetero) is 1. The molecule has 0 aliphatic heterocycles. The normalized spacial score (nSPS) is 12.5. The van der Waals surface area contributed by atoms with Crippen LogP contribution in [0.3, 0.4) is 0 Å². The molecule has 1 unspecified atom stereocenters. The van der Waals surface area contributed by atoms with Crippen molar-refractivity contribution in [2.75, 3.05) is 13.4 Å². The third-order valence-electron chi connectivity index (χ3n) is 3.55. The molecule has 24 heavy (non-hydrogen) atoms. The van der Waals surface area contributed by atoms with Crippen molar-refractivity contribution >= 4 is 56.0 Å². The fourth-order valence-corrected chi connectivity index (χ4v) is 3.53. The van der Waals surface area contributed by atoms with Gasteiger partial charge in [-0.3, -0.25) is 14.8 Å². The van der Waals surface area contributed by atoms with Gasteiger partial charge < -0.3 is 9.72 Å². The van der Waals surface area contributed by atoms with E-state index >= 15 is 0 Å². The summed E-state index contributed by atoms with van der Waals surface area (Å²) in [6.07, 6.45) is 6.62. The number of ether oxygens (including phenoxy) is 1. The molecule has 0 amide bonds. The number of aromatic amines is 1. The van der Waals surface area contributed by atoms with Crippen LogP contribution in [0.15, 0.2) is 35.2 Å². The fourth-order valence-electron chi connectivity index (χ4n) is 2.50. The lowest BCUT2D eigenvalue weighted by Gasteiger charge is -2.11. The Bertz CT molecular complexity index is 897. The second kappa shape index (κ2) is 7.23. The van der Waals surface area contributed by atoms with E-state index in [2.05, 4.69) is 30.9 Å². The van der Waals surface area contributed by atoms with Crippen LogP contribution in [0, 0.1) is 0 Å². The molecule has 0 radical (unpaired) electrons. The Morgan fingerprint density at radius 2 is 2.21 bits per heavy atom. The average molecular weight is 427 g/mol. The van der Waals surface area contributed by atoms with Crippen LogP contribution >= 0.6 is 39.3 Å². The topological polar surface area (TPSA) is 67.9 Å². The molecule has 8 heteroatoms. The monoisotopic (exact) mass is 425 g/mol. The highest BCUT2D eigenvalue weighted by atomic mass is 79.9. The number of carbonyl (C=O) groups is 1. The first-order chi connectivity index (χ1) is 11.6.